The second-order valence-electron chi connectivity index (χ2n) is 4.87. The molecule has 1 aliphatic rings. The maximum atomic E-state index is 11.9. The topological polar surface area (TPSA) is 61.4 Å². The van der Waals surface area contributed by atoms with Crippen LogP contribution < -0.4 is 10.6 Å². The van der Waals surface area contributed by atoms with Crippen LogP contribution in [0.25, 0.3) is 0 Å². The molecule has 1 saturated heterocycles. The quantitative estimate of drug-likeness (QED) is 0.700. The van der Waals surface area contributed by atoms with Crippen molar-refractivity contribution in [1.82, 2.24) is 10.6 Å². The van der Waals surface area contributed by atoms with Crippen molar-refractivity contribution in [1.29, 1.82) is 0 Å². The third-order valence-electron chi connectivity index (χ3n) is 3.24. The predicted molar refractivity (Wildman–Crippen MR) is 71.4 cm³/mol. The van der Waals surface area contributed by atoms with E-state index in [2.05, 4.69) is 10.6 Å². The van der Waals surface area contributed by atoms with Crippen LogP contribution in [0, 0.1) is 0 Å². The SMILES string of the molecule is CCCC(O)CNC(=O)C1(C)CCCCN1.Cl. The Balaban J connectivity index is 0.00000256. The van der Waals surface area contributed by atoms with Gasteiger partial charge >= 0.3 is 0 Å². The molecule has 1 heterocycles. The molecular formula is C12H25ClN2O2. The van der Waals surface area contributed by atoms with Gasteiger partial charge in [0.15, 0.2) is 0 Å². The number of carbonyl (C=O) groups is 1. The number of nitrogens with one attached hydrogen (secondary N) is 2. The van der Waals surface area contributed by atoms with E-state index in [-0.39, 0.29) is 18.3 Å². The first-order valence-electron chi connectivity index (χ1n) is 6.30. The fourth-order valence-electron chi connectivity index (χ4n) is 2.09. The second kappa shape index (κ2) is 7.90. The highest BCUT2D eigenvalue weighted by Crippen LogP contribution is 2.18. The van der Waals surface area contributed by atoms with Crippen LogP contribution in [-0.4, -0.2) is 35.7 Å². The van der Waals surface area contributed by atoms with E-state index >= 15 is 0 Å². The second-order valence-corrected chi connectivity index (χ2v) is 4.87. The zero-order valence-corrected chi connectivity index (χ0v) is 11.6. The molecule has 2 unspecified atom stereocenters. The average molecular weight is 265 g/mol. The number of hydrogen-bond donors (Lipinski definition) is 3. The van der Waals surface area contributed by atoms with E-state index in [9.17, 15) is 9.90 Å². The first kappa shape index (κ1) is 16.7. The van der Waals surface area contributed by atoms with Crippen LogP contribution in [0.5, 0.6) is 0 Å². The molecule has 0 spiro atoms. The molecule has 0 aliphatic carbocycles. The molecule has 1 aliphatic heterocycles. The summed E-state index contributed by atoms with van der Waals surface area (Å²) in [6.07, 6.45) is 4.37. The molecule has 1 amide bonds. The summed E-state index contributed by atoms with van der Waals surface area (Å²) < 4.78 is 0. The Hall–Kier alpha value is -0.320. The molecule has 0 bridgehead atoms. The summed E-state index contributed by atoms with van der Waals surface area (Å²) in [5.74, 6) is 0.0161. The van der Waals surface area contributed by atoms with Crippen LogP contribution in [-0.2, 0) is 4.79 Å². The fraction of sp³-hybridized carbons (Fsp3) is 0.917. The zero-order chi connectivity index (χ0) is 12.0. The minimum atomic E-state index is -0.440. The summed E-state index contributed by atoms with van der Waals surface area (Å²) in [6.45, 7) is 5.23. The molecule has 5 heteroatoms. The summed E-state index contributed by atoms with van der Waals surface area (Å²) in [4.78, 5) is 11.9. The van der Waals surface area contributed by atoms with Crippen LogP contribution in [0.15, 0.2) is 0 Å². The van der Waals surface area contributed by atoms with Gasteiger partial charge in [0.1, 0.15) is 0 Å². The largest absolute Gasteiger partial charge is 0.391 e. The number of hydrogen-bond acceptors (Lipinski definition) is 3. The van der Waals surface area contributed by atoms with Crippen LogP contribution >= 0.6 is 12.4 Å². The van der Waals surface area contributed by atoms with E-state index in [0.717, 1.165) is 38.6 Å². The van der Waals surface area contributed by atoms with Crippen molar-refractivity contribution in [3.8, 4) is 0 Å². The standard InChI is InChI=1S/C12H24N2O2.ClH/c1-3-6-10(15)9-13-11(16)12(2)7-4-5-8-14-12;/h10,14-15H,3-9H2,1-2H3,(H,13,16);1H. The number of carbonyl (C=O) groups excluding carboxylic acids is 1. The van der Waals surface area contributed by atoms with E-state index in [1.165, 1.54) is 0 Å². The number of halogens is 1. The fourth-order valence-corrected chi connectivity index (χ4v) is 2.09. The van der Waals surface area contributed by atoms with Gasteiger partial charge in [0.05, 0.1) is 11.6 Å². The molecule has 0 saturated carbocycles. The molecule has 0 aromatic carbocycles. The van der Waals surface area contributed by atoms with Gasteiger partial charge < -0.3 is 15.7 Å². The molecule has 3 N–H and O–H groups in total. The highest BCUT2D eigenvalue weighted by molar-refractivity contribution is 5.86. The molecule has 0 aromatic heterocycles. The Morgan fingerprint density at radius 1 is 1.53 bits per heavy atom. The number of aliphatic hydroxyl groups is 1. The normalized spacial score (nSPS) is 25.8. The van der Waals surface area contributed by atoms with Crippen molar-refractivity contribution in [3.63, 3.8) is 0 Å². The molecule has 0 radical (unpaired) electrons. The van der Waals surface area contributed by atoms with Crippen molar-refractivity contribution < 1.29 is 9.90 Å². The van der Waals surface area contributed by atoms with Gasteiger partial charge in [0.25, 0.3) is 0 Å². The number of rotatable bonds is 5. The van der Waals surface area contributed by atoms with Crippen molar-refractivity contribution in [3.05, 3.63) is 0 Å². The summed E-state index contributed by atoms with van der Waals surface area (Å²) >= 11 is 0. The smallest absolute Gasteiger partial charge is 0.240 e. The lowest BCUT2D eigenvalue weighted by molar-refractivity contribution is -0.128. The van der Waals surface area contributed by atoms with E-state index < -0.39 is 11.6 Å². The number of piperidine rings is 1. The first-order chi connectivity index (χ1) is 7.58. The average Bonchev–Trinajstić information content (AvgIpc) is 2.27. The summed E-state index contributed by atoms with van der Waals surface area (Å²) in [7, 11) is 0. The lowest BCUT2D eigenvalue weighted by Crippen LogP contribution is -2.57. The highest BCUT2D eigenvalue weighted by Gasteiger charge is 2.33. The monoisotopic (exact) mass is 264 g/mol. The lowest BCUT2D eigenvalue weighted by atomic mass is 9.90. The van der Waals surface area contributed by atoms with Gasteiger partial charge in [-0.2, -0.15) is 0 Å². The van der Waals surface area contributed by atoms with Crippen LogP contribution in [0.2, 0.25) is 0 Å². The predicted octanol–water partition coefficient (Wildman–Crippen LogP) is 1.22. The number of aliphatic hydroxyl groups excluding tert-OH is 1. The maximum absolute atomic E-state index is 11.9. The number of amides is 1. The lowest BCUT2D eigenvalue weighted by Gasteiger charge is -2.33. The zero-order valence-electron chi connectivity index (χ0n) is 10.8. The molecule has 0 aromatic rings. The van der Waals surface area contributed by atoms with Crippen LogP contribution in [0.3, 0.4) is 0 Å². The third-order valence-corrected chi connectivity index (χ3v) is 3.24. The molecule has 102 valence electrons. The van der Waals surface area contributed by atoms with E-state index in [4.69, 9.17) is 0 Å². The van der Waals surface area contributed by atoms with Gasteiger partial charge in [0, 0.05) is 6.54 Å². The summed E-state index contributed by atoms with van der Waals surface area (Å²) in [6, 6.07) is 0. The molecule has 1 rings (SSSR count). The Morgan fingerprint density at radius 2 is 2.24 bits per heavy atom. The molecule has 17 heavy (non-hydrogen) atoms. The van der Waals surface area contributed by atoms with Gasteiger partial charge in [-0.3, -0.25) is 4.79 Å². The molecule has 2 atom stereocenters. The van der Waals surface area contributed by atoms with Crippen LogP contribution in [0.4, 0.5) is 0 Å². The Bertz CT molecular complexity index is 231. The minimum absolute atomic E-state index is 0. The Morgan fingerprint density at radius 3 is 2.76 bits per heavy atom. The first-order valence-corrected chi connectivity index (χ1v) is 6.30. The van der Waals surface area contributed by atoms with Gasteiger partial charge in [-0.25, -0.2) is 0 Å². The Labute approximate surface area is 110 Å². The maximum Gasteiger partial charge on any atom is 0.240 e. The van der Waals surface area contributed by atoms with Gasteiger partial charge in [0.2, 0.25) is 5.91 Å². The van der Waals surface area contributed by atoms with E-state index in [1.807, 2.05) is 13.8 Å². The molecular weight excluding hydrogens is 240 g/mol. The summed E-state index contributed by atoms with van der Waals surface area (Å²) in [5.41, 5.74) is -0.440. The van der Waals surface area contributed by atoms with Crippen LogP contribution in [0.1, 0.15) is 46.0 Å². The third kappa shape index (κ3) is 5.23. The van der Waals surface area contributed by atoms with Crippen molar-refractivity contribution in [2.75, 3.05) is 13.1 Å². The van der Waals surface area contributed by atoms with Gasteiger partial charge in [-0.05, 0) is 39.2 Å². The van der Waals surface area contributed by atoms with Gasteiger partial charge in [-0.1, -0.05) is 13.3 Å². The van der Waals surface area contributed by atoms with Crippen molar-refractivity contribution in [2.24, 2.45) is 0 Å². The summed E-state index contributed by atoms with van der Waals surface area (Å²) in [5, 5.41) is 15.6. The Kier molecular flexibility index (Phi) is 7.75. The van der Waals surface area contributed by atoms with E-state index in [1.54, 1.807) is 0 Å². The van der Waals surface area contributed by atoms with Crippen molar-refractivity contribution >= 4 is 18.3 Å². The molecule has 1 fully saturated rings. The molecule has 4 nitrogen and oxygen atoms in total. The minimum Gasteiger partial charge on any atom is -0.391 e. The highest BCUT2D eigenvalue weighted by atomic mass is 35.5. The van der Waals surface area contributed by atoms with Gasteiger partial charge in [-0.15, -0.1) is 12.4 Å². The van der Waals surface area contributed by atoms with Crippen molar-refractivity contribution in [2.45, 2.75) is 57.6 Å². The van der Waals surface area contributed by atoms with E-state index in [0.29, 0.717) is 6.54 Å².